The van der Waals surface area contributed by atoms with Crippen molar-refractivity contribution in [2.75, 3.05) is 0 Å². The molecule has 0 aliphatic rings. The molecule has 0 unspecified atom stereocenters. The van der Waals surface area contributed by atoms with Crippen molar-refractivity contribution in [2.24, 2.45) is 0 Å². The van der Waals surface area contributed by atoms with Crippen molar-refractivity contribution in [3.63, 3.8) is 0 Å². The second-order valence-corrected chi connectivity index (χ2v) is 2.12. The molecule has 46 valence electrons. The van der Waals surface area contributed by atoms with Crippen LogP contribution in [0.1, 0.15) is 0 Å². The third-order valence-electron chi connectivity index (χ3n) is 1.45. The van der Waals surface area contributed by atoms with Gasteiger partial charge in [0.25, 0.3) is 0 Å². The largest absolute Gasteiger partial charge is 0.219 e. The molecule has 0 fully saturated rings. The molecule has 10 heavy (non-hydrogen) atoms. The Kier molecular flexibility index (Phi) is 1.05. The second-order valence-electron chi connectivity index (χ2n) is 2.12. The summed E-state index contributed by atoms with van der Waals surface area (Å²) in [4.78, 5) is 3.10. The van der Waals surface area contributed by atoms with Crippen LogP contribution >= 0.6 is 0 Å². The van der Waals surface area contributed by atoms with Crippen LogP contribution in [0.25, 0.3) is 10.9 Å². The van der Waals surface area contributed by atoms with E-state index >= 15 is 0 Å². The lowest BCUT2D eigenvalue weighted by molar-refractivity contribution is -0.344. The lowest BCUT2D eigenvalue weighted by atomic mass is 10.2. The molecule has 0 atom stereocenters. The summed E-state index contributed by atoms with van der Waals surface area (Å²) in [5.74, 6) is 0. The van der Waals surface area contributed by atoms with E-state index in [9.17, 15) is 0 Å². The van der Waals surface area contributed by atoms with Gasteiger partial charge in [-0.25, -0.2) is 4.98 Å². The summed E-state index contributed by atoms with van der Waals surface area (Å²) in [5, 5.41) is 1.17. The number of pyridine rings is 1. The molecule has 0 spiro atoms. The predicted molar refractivity (Wildman–Crippen MR) is 38.2 cm³/mol. The molecule has 1 N–H and O–H groups in total. The van der Waals surface area contributed by atoms with E-state index in [0.717, 1.165) is 5.52 Å². The summed E-state index contributed by atoms with van der Waals surface area (Å²) in [5.41, 5.74) is 1.10. The zero-order valence-corrected chi connectivity index (χ0v) is 5.39. The minimum Gasteiger partial charge on any atom is -0.211 e. The molecule has 1 heteroatoms. The quantitative estimate of drug-likeness (QED) is 0.507. The highest BCUT2D eigenvalue weighted by Crippen LogP contribution is 2.02. The van der Waals surface area contributed by atoms with Crippen LogP contribution in [0.4, 0.5) is 0 Å². The first-order valence-corrected chi connectivity index (χ1v) is 3.15. The lowest BCUT2D eigenvalue weighted by Gasteiger charge is -1.82. The molecule has 0 amide bonds. The first-order chi connectivity index (χ1) is 4.97. The van der Waals surface area contributed by atoms with Gasteiger partial charge in [-0.2, -0.15) is 0 Å². The van der Waals surface area contributed by atoms with Gasteiger partial charge in [-0.05, 0) is 6.07 Å². The monoisotopic (exact) mass is 128 g/mol. The molecule has 1 aromatic carbocycles. The van der Waals surface area contributed by atoms with Crippen molar-refractivity contribution in [2.45, 2.75) is 0 Å². The molecule has 1 heterocycles. The fourth-order valence-corrected chi connectivity index (χ4v) is 0.947. The van der Waals surface area contributed by atoms with Gasteiger partial charge in [0.15, 0.2) is 6.20 Å². The van der Waals surface area contributed by atoms with Crippen LogP contribution in [0, 0.1) is 12.1 Å². The van der Waals surface area contributed by atoms with Crippen LogP contribution in [0.5, 0.6) is 0 Å². The fourth-order valence-electron chi connectivity index (χ4n) is 0.947. The highest BCUT2D eigenvalue weighted by Gasteiger charge is 1.92. The number of rotatable bonds is 0. The Bertz CT molecular complexity index is 276. The topological polar surface area (TPSA) is 14.1 Å². The Labute approximate surface area is 59.3 Å². The van der Waals surface area contributed by atoms with Crippen molar-refractivity contribution in [3.05, 3.63) is 42.6 Å². The molecular formula is C9H6N+. The van der Waals surface area contributed by atoms with E-state index in [0.29, 0.717) is 0 Å². The summed E-state index contributed by atoms with van der Waals surface area (Å²) >= 11 is 0. The Hall–Kier alpha value is -1.55. The molecule has 0 aliphatic heterocycles. The third kappa shape index (κ3) is 0.708. The van der Waals surface area contributed by atoms with E-state index in [2.05, 4.69) is 17.1 Å². The number of hydrogen-bond acceptors (Lipinski definition) is 0. The first-order valence-electron chi connectivity index (χ1n) is 3.15. The van der Waals surface area contributed by atoms with Gasteiger partial charge in [0, 0.05) is 12.1 Å². The van der Waals surface area contributed by atoms with Gasteiger partial charge in [-0.1, -0.05) is 12.1 Å². The summed E-state index contributed by atoms with van der Waals surface area (Å²) in [7, 11) is 0. The van der Waals surface area contributed by atoms with Gasteiger partial charge in [-0.3, -0.25) is 0 Å². The minimum absolute atomic E-state index is 1.10. The van der Waals surface area contributed by atoms with E-state index in [1.165, 1.54) is 5.39 Å². The number of aromatic nitrogens is 1. The zero-order valence-electron chi connectivity index (χ0n) is 5.39. The van der Waals surface area contributed by atoms with E-state index in [1.54, 1.807) is 0 Å². The lowest BCUT2D eigenvalue weighted by Crippen LogP contribution is -1.99. The molecule has 2 rings (SSSR count). The number of hydrogen-bond donors (Lipinski definition) is 0. The van der Waals surface area contributed by atoms with Crippen LogP contribution in [-0.4, -0.2) is 0 Å². The van der Waals surface area contributed by atoms with E-state index < -0.39 is 0 Å². The van der Waals surface area contributed by atoms with Gasteiger partial charge in [0.1, 0.15) is 0 Å². The second kappa shape index (κ2) is 2.00. The average molecular weight is 128 g/mol. The van der Waals surface area contributed by atoms with E-state index in [1.807, 2.05) is 30.5 Å². The summed E-state index contributed by atoms with van der Waals surface area (Å²) in [6.07, 6.45) is 1.90. The maximum atomic E-state index is 3.10. The summed E-state index contributed by atoms with van der Waals surface area (Å²) in [6, 6.07) is 13.6. The molecule has 0 saturated carbocycles. The Morgan fingerprint density at radius 3 is 3.00 bits per heavy atom. The van der Waals surface area contributed by atoms with Crippen molar-refractivity contribution >= 4 is 10.9 Å². The van der Waals surface area contributed by atoms with Crippen LogP contribution in [-0.2, 0) is 0 Å². The molecule has 2 aromatic rings. The zero-order chi connectivity index (χ0) is 6.81. The van der Waals surface area contributed by atoms with Crippen molar-refractivity contribution < 1.29 is 4.98 Å². The Morgan fingerprint density at radius 2 is 2.10 bits per heavy atom. The van der Waals surface area contributed by atoms with Crippen LogP contribution in [0.3, 0.4) is 0 Å². The SMILES string of the molecule is c1cc2ccc[nH+]c2cc#1. The molecule has 0 radical (unpaired) electrons. The molecule has 0 saturated heterocycles. The summed E-state index contributed by atoms with van der Waals surface area (Å²) in [6.45, 7) is 0. The highest BCUT2D eigenvalue weighted by molar-refractivity contribution is 5.73. The van der Waals surface area contributed by atoms with Crippen LogP contribution in [0.2, 0.25) is 0 Å². The first kappa shape index (κ1) is 5.25. The van der Waals surface area contributed by atoms with Crippen molar-refractivity contribution in [1.82, 2.24) is 0 Å². The van der Waals surface area contributed by atoms with Crippen molar-refractivity contribution in [1.29, 1.82) is 0 Å². The Balaban J connectivity index is 2.89. The third-order valence-corrected chi connectivity index (χ3v) is 1.45. The highest BCUT2D eigenvalue weighted by atomic mass is 14.6. The van der Waals surface area contributed by atoms with Gasteiger partial charge >= 0.3 is 0 Å². The predicted octanol–water partition coefficient (Wildman–Crippen LogP) is 1.25. The molecular weight excluding hydrogens is 122 g/mol. The number of nitrogens with one attached hydrogen (secondary N) is 1. The minimum atomic E-state index is 1.10. The maximum Gasteiger partial charge on any atom is 0.219 e. The van der Waals surface area contributed by atoms with Gasteiger partial charge in [0.2, 0.25) is 5.52 Å². The smallest absolute Gasteiger partial charge is 0.211 e. The average Bonchev–Trinajstić information content (AvgIpc) is 2.05. The van der Waals surface area contributed by atoms with Crippen LogP contribution in [0.15, 0.2) is 30.5 Å². The molecule has 0 aliphatic carbocycles. The van der Waals surface area contributed by atoms with Gasteiger partial charge < -0.3 is 0 Å². The number of aromatic amines is 1. The molecule has 1 nitrogen and oxygen atoms in total. The fraction of sp³-hybridized carbons (Fsp3) is 0. The normalized spacial score (nSPS) is 9.20. The number of fused-ring (bicyclic) bond motifs is 1. The van der Waals surface area contributed by atoms with E-state index in [-0.39, 0.29) is 0 Å². The Morgan fingerprint density at radius 1 is 1.20 bits per heavy atom. The maximum absolute atomic E-state index is 3.10. The standard InChI is InChI=1S/C9H5N/c1-2-6-9-8(4-1)5-3-7-10-9/h3-7H/p+1. The molecule has 0 bridgehead atoms. The van der Waals surface area contributed by atoms with Crippen molar-refractivity contribution in [3.8, 4) is 0 Å². The van der Waals surface area contributed by atoms with Crippen LogP contribution < -0.4 is 4.98 Å². The van der Waals surface area contributed by atoms with E-state index in [4.69, 9.17) is 0 Å². The summed E-state index contributed by atoms with van der Waals surface area (Å²) < 4.78 is 0. The van der Waals surface area contributed by atoms with Gasteiger partial charge in [0.05, 0.1) is 11.5 Å². The van der Waals surface area contributed by atoms with Gasteiger partial charge in [-0.15, -0.1) is 0 Å². The number of H-pyrrole nitrogens is 1. The molecule has 1 aromatic heterocycles.